The molecule has 32 heavy (non-hydrogen) atoms. The predicted octanol–water partition coefficient (Wildman–Crippen LogP) is 4.51. The number of methoxy groups -OCH3 is 1. The topological polar surface area (TPSA) is 71.0 Å². The molecule has 1 amide bonds. The van der Waals surface area contributed by atoms with Crippen LogP contribution in [0.15, 0.2) is 51.6 Å². The van der Waals surface area contributed by atoms with Gasteiger partial charge in [0.05, 0.1) is 36.4 Å². The van der Waals surface area contributed by atoms with Crippen molar-refractivity contribution in [3.05, 3.63) is 57.8 Å². The van der Waals surface area contributed by atoms with Gasteiger partial charge in [-0.3, -0.25) is 4.79 Å². The van der Waals surface area contributed by atoms with Crippen LogP contribution in [0.25, 0.3) is 0 Å². The summed E-state index contributed by atoms with van der Waals surface area (Å²) in [6, 6.07) is 4.16. The van der Waals surface area contributed by atoms with E-state index in [0.29, 0.717) is 28.5 Å². The Hall–Kier alpha value is -2.75. The molecule has 1 atom stereocenters. The van der Waals surface area contributed by atoms with Crippen molar-refractivity contribution in [2.24, 2.45) is 4.99 Å². The summed E-state index contributed by atoms with van der Waals surface area (Å²) in [6.45, 7) is 1.85. The highest BCUT2D eigenvalue weighted by Crippen LogP contribution is 2.45. The van der Waals surface area contributed by atoms with Gasteiger partial charge in [0.15, 0.2) is 5.17 Å². The average Bonchev–Trinajstić information content (AvgIpc) is 3.49. The molecule has 1 saturated carbocycles. The van der Waals surface area contributed by atoms with Crippen LogP contribution in [0.5, 0.6) is 0 Å². The van der Waals surface area contributed by atoms with Crippen LogP contribution >= 0.6 is 11.8 Å². The number of ether oxygens (including phenoxy) is 1. The van der Waals surface area contributed by atoms with Crippen LogP contribution in [-0.4, -0.2) is 35.1 Å². The molecule has 2 aliphatic heterocycles. The second-order valence-corrected chi connectivity index (χ2v) is 8.57. The SMILES string of the molecule is CCC1=C(C(=O)OC)[C@@H](c2ccc(C(F)(F)F)cc2)N2C(CC(=O)NC3CC3)=CSC2=N1. The van der Waals surface area contributed by atoms with E-state index in [1.54, 1.807) is 10.3 Å². The Morgan fingerprint density at radius 2 is 1.94 bits per heavy atom. The summed E-state index contributed by atoms with van der Waals surface area (Å²) in [5, 5.41) is 5.31. The number of benzene rings is 1. The summed E-state index contributed by atoms with van der Waals surface area (Å²) in [5.41, 5.74) is 1.11. The molecule has 6 nitrogen and oxygen atoms in total. The number of fused-ring (bicyclic) bond motifs is 1. The first kappa shape index (κ1) is 22.4. The number of allylic oxidation sites excluding steroid dienone is 1. The predicted molar refractivity (Wildman–Crippen MR) is 114 cm³/mol. The van der Waals surface area contributed by atoms with Crippen molar-refractivity contribution < 1.29 is 27.5 Å². The first-order chi connectivity index (χ1) is 15.2. The number of thioether (sulfide) groups is 1. The first-order valence-electron chi connectivity index (χ1n) is 10.2. The number of carbonyl (C=O) groups is 2. The van der Waals surface area contributed by atoms with Crippen LogP contribution in [0, 0.1) is 0 Å². The molecule has 0 radical (unpaired) electrons. The summed E-state index contributed by atoms with van der Waals surface area (Å²) in [5.74, 6) is -0.745. The monoisotopic (exact) mass is 465 g/mol. The lowest BCUT2D eigenvalue weighted by Crippen LogP contribution is -2.38. The van der Waals surface area contributed by atoms with Crippen LogP contribution in [-0.2, 0) is 20.5 Å². The minimum atomic E-state index is -4.47. The number of carbonyl (C=O) groups excluding carboxylic acids is 2. The lowest BCUT2D eigenvalue weighted by Gasteiger charge is -2.36. The second kappa shape index (κ2) is 8.65. The fourth-order valence-corrected chi connectivity index (χ4v) is 4.69. The molecule has 170 valence electrons. The Labute approximate surface area is 187 Å². The number of alkyl halides is 3. The molecule has 3 aliphatic rings. The van der Waals surface area contributed by atoms with E-state index in [9.17, 15) is 22.8 Å². The molecule has 0 saturated heterocycles. The molecule has 10 heteroatoms. The summed E-state index contributed by atoms with van der Waals surface area (Å²) >= 11 is 1.32. The molecule has 0 spiro atoms. The van der Waals surface area contributed by atoms with E-state index < -0.39 is 23.8 Å². The Morgan fingerprint density at radius 1 is 1.25 bits per heavy atom. The van der Waals surface area contributed by atoms with E-state index in [1.807, 2.05) is 6.92 Å². The van der Waals surface area contributed by atoms with Crippen molar-refractivity contribution in [1.29, 1.82) is 0 Å². The van der Waals surface area contributed by atoms with Gasteiger partial charge >= 0.3 is 12.1 Å². The Kier molecular flexibility index (Phi) is 6.07. The molecule has 1 aliphatic carbocycles. The average molecular weight is 465 g/mol. The molecule has 0 aromatic heterocycles. The number of nitrogens with one attached hydrogen (secondary N) is 1. The minimum absolute atomic E-state index is 0.0789. The number of amides is 1. The van der Waals surface area contributed by atoms with E-state index in [-0.39, 0.29) is 23.9 Å². The number of esters is 1. The summed E-state index contributed by atoms with van der Waals surface area (Å²) in [6.07, 6.45) is -2.03. The molecular formula is C22H22F3N3O3S. The maximum absolute atomic E-state index is 13.1. The van der Waals surface area contributed by atoms with E-state index in [1.165, 1.54) is 31.0 Å². The summed E-state index contributed by atoms with van der Waals surface area (Å²) in [4.78, 5) is 31.6. The van der Waals surface area contributed by atoms with Crippen molar-refractivity contribution in [2.75, 3.05) is 7.11 Å². The van der Waals surface area contributed by atoms with Crippen LogP contribution in [0.1, 0.15) is 49.8 Å². The lowest BCUT2D eigenvalue weighted by molar-refractivity contribution is -0.138. The van der Waals surface area contributed by atoms with E-state index in [2.05, 4.69) is 10.3 Å². The molecule has 1 aromatic carbocycles. The van der Waals surface area contributed by atoms with Crippen molar-refractivity contribution in [1.82, 2.24) is 10.2 Å². The molecule has 1 N–H and O–H groups in total. The Bertz CT molecular complexity index is 1030. The van der Waals surface area contributed by atoms with Crippen LogP contribution in [0.4, 0.5) is 13.2 Å². The van der Waals surface area contributed by atoms with Gasteiger partial charge in [-0.1, -0.05) is 30.8 Å². The van der Waals surface area contributed by atoms with Gasteiger partial charge in [-0.05, 0) is 42.4 Å². The quantitative estimate of drug-likeness (QED) is 0.626. The molecule has 2 heterocycles. The number of aliphatic imine (C=N–C) groups is 1. The second-order valence-electron chi connectivity index (χ2n) is 7.74. The molecule has 4 rings (SSSR count). The molecule has 0 unspecified atom stereocenters. The highest BCUT2D eigenvalue weighted by molar-refractivity contribution is 8.16. The van der Waals surface area contributed by atoms with Gasteiger partial charge in [0, 0.05) is 11.7 Å². The van der Waals surface area contributed by atoms with Gasteiger partial charge in [-0.25, -0.2) is 9.79 Å². The third-order valence-corrected chi connectivity index (χ3v) is 6.36. The number of hydrogen-bond donors (Lipinski definition) is 1. The van der Waals surface area contributed by atoms with Gasteiger partial charge in [0.25, 0.3) is 0 Å². The number of nitrogens with zero attached hydrogens (tertiary/aromatic N) is 2. The smallest absolute Gasteiger partial charge is 0.416 e. The van der Waals surface area contributed by atoms with Crippen molar-refractivity contribution >= 4 is 28.8 Å². The third-order valence-electron chi connectivity index (χ3n) is 5.47. The van der Waals surface area contributed by atoms with Crippen molar-refractivity contribution in [3.63, 3.8) is 0 Å². The first-order valence-corrected chi connectivity index (χ1v) is 11.1. The fourth-order valence-electron chi connectivity index (χ4n) is 3.75. The van der Waals surface area contributed by atoms with E-state index in [0.717, 1.165) is 25.0 Å². The van der Waals surface area contributed by atoms with Crippen molar-refractivity contribution in [2.45, 2.75) is 50.9 Å². The van der Waals surface area contributed by atoms with Crippen molar-refractivity contribution in [3.8, 4) is 0 Å². The van der Waals surface area contributed by atoms with Gasteiger partial charge in [-0.15, -0.1) is 0 Å². The number of amidine groups is 1. The molecule has 0 bridgehead atoms. The van der Waals surface area contributed by atoms with E-state index in [4.69, 9.17) is 4.74 Å². The van der Waals surface area contributed by atoms with Crippen LogP contribution in [0.3, 0.4) is 0 Å². The third kappa shape index (κ3) is 4.41. The highest BCUT2D eigenvalue weighted by Gasteiger charge is 2.42. The van der Waals surface area contributed by atoms with Crippen LogP contribution < -0.4 is 5.32 Å². The Morgan fingerprint density at radius 3 is 2.50 bits per heavy atom. The van der Waals surface area contributed by atoms with Crippen LogP contribution in [0.2, 0.25) is 0 Å². The van der Waals surface area contributed by atoms with Gasteiger partial charge in [0.1, 0.15) is 0 Å². The number of rotatable bonds is 6. The van der Waals surface area contributed by atoms with Gasteiger partial charge in [0.2, 0.25) is 5.91 Å². The molecular weight excluding hydrogens is 443 g/mol. The normalized spacial score (nSPS) is 20.5. The fraction of sp³-hybridized carbons (Fsp3) is 0.409. The maximum Gasteiger partial charge on any atom is 0.416 e. The zero-order chi connectivity index (χ0) is 23.0. The standard InChI is InChI=1S/C22H22F3N3O3S/c1-3-16-18(20(30)31-2)19(12-4-6-13(7-5-12)22(23,24)25)28-15(11-32-21(28)27-16)10-17(29)26-14-8-9-14/h4-7,11,14,19H,3,8-10H2,1-2H3,(H,26,29)/t19-/m1/s1. The van der Waals surface area contributed by atoms with Gasteiger partial charge < -0.3 is 15.0 Å². The summed E-state index contributed by atoms with van der Waals surface area (Å²) in [7, 11) is 1.25. The zero-order valence-corrected chi connectivity index (χ0v) is 18.3. The largest absolute Gasteiger partial charge is 0.466 e. The Balaban J connectivity index is 1.74. The summed E-state index contributed by atoms with van der Waals surface area (Å²) < 4.78 is 44.3. The molecule has 1 fully saturated rings. The highest BCUT2D eigenvalue weighted by atomic mass is 32.2. The van der Waals surface area contributed by atoms with Gasteiger partial charge in [-0.2, -0.15) is 13.2 Å². The lowest BCUT2D eigenvalue weighted by atomic mass is 9.92. The van der Waals surface area contributed by atoms with E-state index >= 15 is 0 Å². The zero-order valence-electron chi connectivity index (χ0n) is 17.5. The minimum Gasteiger partial charge on any atom is -0.466 e. The number of hydrogen-bond acceptors (Lipinski definition) is 6. The maximum atomic E-state index is 13.1. The number of halogens is 3. The molecule has 1 aromatic rings.